The number of hydrogen-bond acceptors (Lipinski definition) is 2. The lowest BCUT2D eigenvalue weighted by Gasteiger charge is -2.30. The molecule has 0 radical (unpaired) electrons. The first-order valence-corrected chi connectivity index (χ1v) is 6.04. The number of hydrogen-bond donors (Lipinski definition) is 1. The summed E-state index contributed by atoms with van der Waals surface area (Å²) >= 11 is 0. The van der Waals surface area contributed by atoms with Gasteiger partial charge in [-0.2, -0.15) is 0 Å². The topological polar surface area (TPSA) is 40.5 Å². The van der Waals surface area contributed by atoms with Gasteiger partial charge in [-0.15, -0.1) is 0 Å². The summed E-state index contributed by atoms with van der Waals surface area (Å²) < 4.78 is 0. The Hall–Kier alpha value is -0.570. The molecular formula is C12H23NO2. The normalized spacial score (nSPS) is 21.5. The molecule has 1 N–H and O–H groups in total. The molecule has 1 unspecified atom stereocenters. The van der Waals surface area contributed by atoms with Gasteiger partial charge in [-0.3, -0.25) is 4.79 Å². The molecule has 0 spiro atoms. The first kappa shape index (κ1) is 12.5. The Morgan fingerprint density at radius 2 is 2.07 bits per heavy atom. The van der Waals surface area contributed by atoms with Crippen molar-refractivity contribution < 1.29 is 9.90 Å². The Bertz CT molecular complexity index is 198. The Balaban J connectivity index is 2.34. The highest BCUT2D eigenvalue weighted by molar-refractivity contribution is 5.69. The van der Waals surface area contributed by atoms with Crippen molar-refractivity contribution in [3.05, 3.63) is 0 Å². The molecule has 15 heavy (non-hydrogen) atoms. The lowest BCUT2D eigenvalue weighted by molar-refractivity contribution is -0.142. The maximum Gasteiger partial charge on any atom is 0.306 e. The summed E-state index contributed by atoms with van der Waals surface area (Å²) in [7, 11) is 2.14. The fraction of sp³-hybridized carbons (Fsp3) is 0.917. The molecule has 0 amide bonds. The number of rotatable bonds is 5. The third-order valence-corrected chi connectivity index (χ3v) is 3.44. The van der Waals surface area contributed by atoms with Crippen LogP contribution in [0.2, 0.25) is 0 Å². The van der Waals surface area contributed by atoms with Crippen molar-refractivity contribution in [3.8, 4) is 0 Å². The van der Waals surface area contributed by atoms with Crippen LogP contribution >= 0.6 is 0 Å². The van der Waals surface area contributed by atoms with Gasteiger partial charge in [0.2, 0.25) is 0 Å². The van der Waals surface area contributed by atoms with Gasteiger partial charge in [0, 0.05) is 0 Å². The summed E-state index contributed by atoms with van der Waals surface area (Å²) in [5, 5.41) is 9.08. The van der Waals surface area contributed by atoms with Crippen LogP contribution < -0.4 is 0 Å². The van der Waals surface area contributed by atoms with Crippen LogP contribution in [0.25, 0.3) is 0 Å². The molecule has 3 heteroatoms. The summed E-state index contributed by atoms with van der Waals surface area (Å²) in [6.45, 7) is 4.32. The van der Waals surface area contributed by atoms with Crippen LogP contribution in [0, 0.1) is 11.8 Å². The minimum Gasteiger partial charge on any atom is -0.481 e. The van der Waals surface area contributed by atoms with Crippen molar-refractivity contribution in [1.82, 2.24) is 4.90 Å². The third kappa shape index (κ3) is 4.20. The number of carboxylic acid groups (broad SMARTS) is 1. The zero-order valence-corrected chi connectivity index (χ0v) is 9.91. The van der Waals surface area contributed by atoms with Crippen molar-refractivity contribution in [2.75, 3.05) is 20.1 Å². The van der Waals surface area contributed by atoms with Gasteiger partial charge < -0.3 is 10.0 Å². The van der Waals surface area contributed by atoms with Gasteiger partial charge in [0.05, 0.1) is 5.92 Å². The van der Waals surface area contributed by atoms with Crippen LogP contribution in [0.1, 0.15) is 39.0 Å². The molecule has 0 aromatic rings. The largest absolute Gasteiger partial charge is 0.481 e. The predicted octanol–water partition coefficient (Wildman–Crippen LogP) is 2.22. The van der Waals surface area contributed by atoms with Crippen LogP contribution in [-0.2, 0) is 4.79 Å². The molecule has 1 fully saturated rings. The second-order valence-electron chi connectivity index (χ2n) is 4.81. The molecule has 0 bridgehead atoms. The highest BCUT2D eigenvalue weighted by atomic mass is 16.4. The standard InChI is InChI=1S/C12H23NO2/c1-3-4-11(12(14)15)9-10-5-7-13(2)8-6-10/h10-11H,3-9H2,1-2H3,(H,14,15). The minimum atomic E-state index is -0.601. The number of aliphatic carboxylic acids is 1. The molecule has 0 aromatic heterocycles. The summed E-state index contributed by atoms with van der Waals surface area (Å²) in [5.41, 5.74) is 0. The van der Waals surface area contributed by atoms with Crippen molar-refractivity contribution >= 4 is 5.97 Å². The number of likely N-dealkylation sites (tertiary alicyclic amines) is 1. The first-order valence-electron chi connectivity index (χ1n) is 6.04. The molecule has 1 aliphatic rings. The Morgan fingerprint density at radius 1 is 1.47 bits per heavy atom. The zero-order valence-electron chi connectivity index (χ0n) is 9.91. The minimum absolute atomic E-state index is 0.108. The van der Waals surface area contributed by atoms with E-state index in [2.05, 4.69) is 18.9 Å². The van der Waals surface area contributed by atoms with Gasteiger partial charge in [0.15, 0.2) is 0 Å². The molecule has 0 saturated carbocycles. The van der Waals surface area contributed by atoms with E-state index in [-0.39, 0.29) is 5.92 Å². The van der Waals surface area contributed by atoms with Crippen molar-refractivity contribution in [2.45, 2.75) is 39.0 Å². The van der Waals surface area contributed by atoms with Crippen LogP contribution in [-0.4, -0.2) is 36.1 Å². The molecule has 1 saturated heterocycles. The van der Waals surface area contributed by atoms with E-state index in [0.717, 1.165) is 32.4 Å². The Kier molecular flexibility index (Phi) is 5.09. The maximum atomic E-state index is 11.0. The first-order chi connectivity index (χ1) is 7.13. The molecule has 0 aromatic carbocycles. The van der Waals surface area contributed by atoms with Crippen LogP contribution in [0.15, 0.2) is 0 Å². The maximum absolute atomic E-state index is 11.0. The second kappa shape index (κ2) is 6.11. The average Bonchev–Trinajstić information content (AvgIpc) is 2.20. The van der Waals surface area contributed by atoms with E-state index in [1.165, 1.54) is 12.8 Å². The number of carbonyl (C=O) groups is 1. The predicted molar refractivity (Wildman–Crippen MR) is 60.9 cm³/mol. The summed E-state index contributed by atoms with van der Waals surface area (Å²) in [4.78, 5) is 13.3. The molecular weight excluding hydrogens is 190 g/mol. The molecule has 1 rings (SSSR count). The van der Waals surface area contributed by atoms with Crippen LogP contribution in [0.3, 0.4) is 0 Å². The molecule has 88 valence electrons. The number of nitrogens with zero attached hydrogens (tertiary/aromatic N) is 1. The van der Waals surface area contributed by atoms with Crippen molar-refractivity contribution in [3.63, 3.8) is 0 Å². The van der Waals surface area contributed by atoms with Crippen molar-refractivity contribution in [2.24, 2.45) is 11.8 Å². The molecule has 0 aliphatic carbocycles. The summed E-state index contributed by atoms with van der Waals surface area (Å²) in [6, 6.07) is 0. The van der Waals surface area contributed by atoms with Gasteiger partial charge in [-0.1, -0.05) is 13.3 Å². The highest BCUT2D eigenvalue weighted by Gasteiger charge is 2.24. The third-order valence-electron chi connectivity index (χ3n) is 3.44. The quantitative estimate of drug-likeness (QED) is 0.761. The van der Waals surface area contributed by atoms with E-state index < -0.39 is 5.97 Å². The summed E-state index contributed by atoms with van der Waals surface area (Å²) in [5.74, 6) is -0.0759. The average molecular weight is 213 g/mol. The van der Waals surface area contributed by atoms with Crippen LogP contribution in [0.4, 0.5) is 0 Å². The smallest absolute Gasteiger partial charge is 0.306 e. The fourth-order valence-electron chi connectivity index (χ4n) is 2.39. The number of carboxylic acids is 1. The molecule has 1 aliphatic heterocycles. The van der Waals surface area contributed by atoms with E-state index in [1.807, 2.05) is 0 Å². The fourth-order valence-corrected chi connectivity index (χ4v) is 2.39. The highest BCUT2D eigenvalue weighted by Crippen LogP contribution is 2.26. The molecule has 1 atom stereocenters. The SMILES string of the molecule is CCCC(CC1CCN(C)CC1)C(=O)O. The van der Waals surface area contributed by atoms with Crippen molar-refractivity contribution in [1.29, 1.82) is 0 Å². The number of piperidine rings is 1. The Morgan fingerprint density at radius 3 is 2.53 bits per heavy atom. The molecule has 3 nitrogen and oxygen atoms in total. The summed E-state index contributed by atoms with van der Waals surface area (Å²) in [6.07, 6.45) is 5.04. The van der Waals surface area contributed by atoms with E-state index in [1.54, 1.807) is 0 Å². The van der Waals surface area contributed by atoms with E-state index >= 15 is 0 Å². The van der Waals surface area contributed by atoms with Gasteiger partial charge in [-0.05, 0) is 51.7 Å². The lowest BCUT2D eigenvalue weighted by atomic mass is 9.85. The van der Waals surface area contributed by atoms with E-state index in [4.69, 9.17) is 5.11 Å². The zero-order chi connectivity index (χ0) is 11.3. The molecule has 1 heterocycles. The Labute approximate surface area is 92.5 Å². The van der Waals surface area contributed by atoms with Crippen LogP contribution in [0.5, 0.6) is 0 Å². The monoisotopic (exact) mass is 213 g/mol. The van der Waals surface area contributed by atoms with Gasteiger partial charge in [0.25, 0.3) is 0 Å². The van der Waals surface area contributed by atoms with E-state index in [0.29, 0.717) is 5.92 Å². The van der Waals surface area contributed by atoms with E-state index in [9.17, 15) is 4.79 Å². The second-order valence-corrected chi connectivity index (χ2v) is 4.81. The van der Waals surface area contributed by atoms with Gasteiger partial charge >= 0.3 is 5.97 Å². The lowest BCUT2D eigenvalue weighted by Crippen LogP contribution is -2.31. The van der Waals surface area contributed by atoms with Gasteiger partial charge in [0.1, 0.15) is 0 Å². The van der Waals surface area contributed by atoms with Gasteiger partial charge in [-0.25, -0.2) is 0 Å².